The Balaban J connectivity index is 1.90. The predicted molar refractivity (Wildman–Crippen MR) is 93.6 cm³/mol. The van der Waals surface area contributed by atoms with Crippen molar-refractivity contribution in [3.8, 4) is 0 Å². The van der Waals surface area contributed by atoms with Crippen LogP contribution in [-0.4, -0.2) is 12.5 Å². The van der Waals surface area contributed by atoms with E-state index in [4.69, 9.17) is 0 Å². The minimum absolute atomic E-state index is 0.0449. The molecule has 2 N–H and O–H groups in total. The van der Waals surface area contributed by atoms with E-state index in [0.717, 1.165) is 11.4 Å². The maximum absolute atomic E-state index is 12.0. The molecule has 2 rings (SSSR count). The van der Waals surface area contributed by atoms with Gasteiger partial charge < -0.3 is 10.6 Å². The molecule has 0 aliphatic heterocycles. The Hall–Kier alpha value is -2.29. The molecule has 3 heteroatoms. The van der Waals surface area contributed by atoms with Gasteiger partial charge in [-0.15, -0.1) is 0 Å². The Morgan fingerprint density at radius 2 is 1.55 bits per heavy atom. The molecule has 2 aromatic carbocycles. The van der Waals surface area contributed by atoms with Gasteiger partial charge in [0.2, 0.25) is 5.91 Å². The SMILES string of the molecule is Cc1cc(C)cc(NCC(=O)Nc2ccc(C(C)C)cc2)c1. The van der Waals surface area contributed by atoms with E-state index in [-0.39, 0.29) is 12.5 Å². The van der Waals surface area contributed by atoms with Gasteiger partial charge in [0.05, 0.1) is 6.54 Å². The number of hydrogen-bond donors (Lipinski definition) is 2. The summed E-state index contributed by atoms with van der Waals surface area (Å²) in [5, 5.41) is 6.07. The molecule has 2 aromatic rings. The Morgan fingerprint density at radius 1 is 0.955 bits per heavy atom. The van der Waals surface area contributed by atoms with Gasteiger partial charge in [0.15, 0.2) is 0 Å². The standard InChI is InChI=1S/C19H24N2O/c1-13(2)16-5-7-17(8-6-16)21-19(22)12-20-18-10-14(3)9-15(4)11-18/h5-11,13,20H,12H2,1-4H3,(H,21,22). The zero-order chi connectivity index (χ0) is 16.1. The molecule has 0 heterocycles. The van der Waals surface area contributed by atoms with Crippen molar-refractivity contribution in [3.05, 3.63) is 59.2 Å². The zero-order valence-electron chi connectivity index (χ0n) is 13.7. The lowest BCUT2D eigenvalue weighted by Gasteiger charge is -2.10. The van der Waals surface area contributed by atoms with E-state index in [2.05, 4.69) is 56.5 Å². The summed E-state index contributed by atoms with van der Waals surface area (Å²) in [5.74, 6) is 0.451. The summed E-state index contributed by atoms with van der Waals surface area (Å²) in [4.78, 5) is 12.0. The lowest BCUT2D eigenvalue weighted by molar-refractivity contribution is -0.114. The van der Waals surface area contributed by atoms with Crippen molar-refractivity contribution in [1.82, 2.24) is 0 Å². The van der Waals surface area contributed by atoms with Crippen LogP contribution < -0.4 is 10.6 Å². The first-order valence-corrected chi connectivity index (χ1v) is 7.66. The van der Waals surface area contributed by atoms with E-state index < -0.39 is 0 Å². The van der Waals surface area contributed by atoms with E-state index in [1.807, 2.05) is 24.3 Å². The van der Waals surface area contributed by atoms with Crippen LogP contribution in [-0.2, 0) is 4.79 Å². The molecule has 0 aliphatic carbocycles. The number of anilines is 2. The topological polar surface area (TPSA) is 41.1 Å². The van der Waals surface area contributed by atoms with Gasteiger partial charge in [0, 0.05) is 11.4 Å². The Bertz CT molecular complexity index is 625. The summed E-state index contributed by atoms with van der Waals surface area (Å²) in [5.41, 5.74) is 5.45. The molecule has 0 aromatic heterocycles. The van der Waals surface area contributed by atoms with E-state index in [9.17, 15) is 4.79 Å². The minimum Gasteiger partial charge on any atom is -0.376 e. The van der Waals surface area contributed by atoms with Crippen LogP contribution in [0.25, 0.3) is 0 Å². The third kappa shape index (κ3) is 4.62. The van der Waals surface area contributed by atoms with Gasteiger partial charge in [0.25, 0.3) is 0 Å². The largest absolute Gasteiger partial charge is 0.376 e. The maximum atomic E-state index is 12.0. The van der Waals surface area contributed by atoms with Crippen LogP contribution in [0.4, 0.5) is 11.4 Å². The lowest BCUT2D eigenvalue weighted by atomic mass is 10.0. The number of benzene rings is 2. The van der Waals surface area contributed by atoms with Crippen LogP contribution in [0.3, 0.4) is 0 Å². The summed E-state index contributed by atoms with van der Waals surface area (Å²) < 4.78 is 0. The van der Waals surface area contributed by atoms with E-state index in [1.165, 1.54) is 16.7 Å². The summed E-state index contributed by atoms with van der Waals surface area (Å²) in [6, 6.07) is 14.2. The second kappa shape index (κ2) is 7.12. The van der Waals surface area contributed by atoms with E-state index in [0.29, 0.717) is 5.92 Å². The number of rotatable bonds is 5. The van der Waals surface area contributed by atoms with Crippen molar-refractivity contribution in [2.24, 2.45) is 0 Å². The van der Waals surface area contributed by atoms with Crippen molar-refractivity contribution < 1.29 is 4.79 Å². The molecular formula is C19H24N2O. The Kier molecular flexibility index (Phi) is 5.21. The molecule has 0 saturated carbocycles. The van der Waals surface area contributed by atoms with Crippen LogP contribution >= 0.6 is 0 Å². The fraction of sp³-hybridized carbons (Fsp3) is 0.316. The van der Waals surface area contributed by atoms with Gasteiger partial charge in [-0.1, -0.05) is 32.0 Å². The van der Waals surface area contributed by atoms with Gasteiger partial charge in [0.1, 0.15) is 0 Å². The fourth-order valence-corrected chi connectivity index (χ4v) is 2.42. The van der Waals surface area contributed by atoms with Crippen molar-refractivity contribution >= 4 is 17.3 Å². The molecular weight excluding hydrogens is 272 g/mol. The first-order valence-electron chi connectivity index (χ1n) is 7.66. The molecule has 0 radical (unpaired) electrons. The molecule has 0 unspecified atom stereocenters. The minimum atomic E-state index is -0.0449. The summed E-state index contributed by atoms with van der Waals surface area (Å²) in [6.07, 6.45) is 0. The number of carbonyl (C=O) groups is 1. The van der Waals surface area contributed by atoms with Crippen LogP contribution in [0.2, 0.25) is 0 Å². The van der Waals surface area contributed by atoms with Gasteiger partial charge in [-0.2, -0.15) is 0 Å². The molecule has 116 valence electrons. The first kappa shape index (κ1) is 16.1. The number of nitrogens with one attached hydrogen (secondary N) is 2. The van der Waals surface area contributed by atoms with E-state index in [1.54, 1.807) is 0 Å². The van der Waals surface area contributed by atoms with Crippen LogP contribution in [0, 0.1) is 13.8 Å². The highest BCUT2D eigenvalue weighted by atomic mass is 16.1. The highest BCUT2D eigenvalue weighted by Crippen LogP contribution is 2.17. The molecule has 0 aliphatic rings. The second-order valence-corrected chi connectivity index (χ2v) is 6.05. The van der Waals surface area contributed by atoms with Crippen LogP contribution in [0.15, 0.2) is 42.5 Å². The van der Waals surface area contributed by atoms with Crippen LogP contribution in [0.5, 0.6) is 0 Å². The molecule has 3 nitrogen and oxygen atoms in total. The number of hydrogen-bond acceptors (Lipinski definition) is 2. The smallest absolute Gasteiger partial charge is 0.243 e. The van der Waals surface area contributed by atoms with E-state index >= 15 is 0 Å². The molecule has 22 heavy (non-hydrogen) atoms. The summed E-state index contributed by atoms with van der Waals surface area (Å²) in [7, 11) is 0. The third-order valence-corrected chi connectivity index (χ3v) is 3.54. The monoisotopic (exact) mass is 296 g/mol. The molecule has 0 spiro atoms. The van der Waals surface area contributed by atoms with Crippen molar-refractivity contribution in [3.63, 3.8) is 0 Å². The Morgan fingerprint density at radius 3 is 2.09 bits per heavy atom. The predicted octanol–water partition coefficient (Wildman–Crippen LogP) is 4.48. The maximum Gasteiger partial charge on any atom is 0.243 e. The molecule has 0 fully saturated rings. The van der Waals surface area contributed by atoms with Crippen molar-refractivity contribution in [2.75, 3.05) is 17.2 Å². The molecule has 1 amide bonds. The normalized spacial score (nSPS) is 10.6. The highest BCUT2D eigenvalue weighted by Gasteiger charge is 2.04. The van der Waals surface area contributed by atoms with Gasteiger partial charge in [-0.05, 0) is 60.7 Å². The quantitative estimate of drug-likeness (QED) is 0.854. The Labute approximate surface area is 132 Å². The fourth-order valence-electron chi connectivity index (χ4n) is 2.42. The number of carbonyl (C=O) groups excluding carboxylic acids is 1. The number of amides is 1. The molecule has 0 bridgehead atoms. The van der Waals surface area contributed by atoms with Gasteiger partial charge in [-0.25, -0.2) is 0 Å². The van der Waals surface area contributed by atoms with Crippen molar-refractivity contribution in [1.29, 1.82) is 0 Å². The van der Waals surface area contributed by atoms with Gasteiger partial charge in [-0.3, -0.25) is 4.79 Å². The second-order valence-electron chi connectivity index (χ2n) is 6.05. The summed E-state index contributed by atoms with van der Waals surface area (Å²) in [6.45, 7) is 8.67. The average molecular weight is 296 g/mol. The average Bonchev–Trinajstić information content (AvgIpc) is 2.45. The first-order chi connectivity index (χ1) is 10.4. The highest BCUT2D eigenvalue weighted by molar-refractivity contribution is 5.93. The lowest BCUT2D eigenvalue weighted by Crippen LogP contribution is -2.21. The summed E-state index contributed by atoms with van der Waals surface area (Å²) >= 11 is 0. The zero-order valence-corrected chi connectivity index (χ0v) is 13.7. The molecule has 0 saturated heterocycles. The molecule has 0 atom stereocenters. The number of aryl methyl sites for hydroxylation is 2. The van der Waals surface area contributed by atoms with Crippen molar-refractivity contribution in [2.45, 2.75) is 33.6 Å². The van der Waals surface area contributed by atoms with Crippen LogP contribution in [0.1, 0.15) is 36.5 Å². The van der Waals surface area contributed by atoms with Gasteiger partial charge >= 0.3 is 0 Å². The third-order valence-electron chi connectivity index (χ3n) is 3.54.